The molecule has 1 atom stereocenters. The maximum Gasteiger partial charge on any atom is 0.407 e. The van der Waals surface area contributed by atoms with Gasteiger partial charge in [0.2, 0.25) is 15.9 Å². The lowest BCUT2D eigenvalue weighted by atomic mass is 9.97. The molecular weight excluding hydrogens is 598 g/mol. The van der Waals surface area contributed by atoms with Gasteiger partial charge in [-0.25, -0.2) is 17.9 Å². The van der Waals surface area contributed by atoms with Crippen LogP contribution in [0.4, 0.5) is 4.79 Å². The number of carboxylic acid groups (broad SMARTS) is 1. The van der Waals surface area contributed by atoms with Gasteiger partial charge in [-0.05, 0) is 66.5 Å². The number of primary amides is 1. The molecule has 3 aromatic carbocycles. The van der Waals surface area contributed by atoms with E-state index < -0.39 is 46.2 Å². The van der Waals surface area contributed by atoms with Gasteiger partial charge in [0.1, 0.15) is 5.75 Å². The first-order chi connectivity index (χ1) is 21.5. The smallest absolute Gasteiger partial charge is 0.407 e. The highest BCUT2D eigenvalue weighted by atomic mass is 32.2. The predicted molar refractivity (Wildman–Crippen MR) is 169 cm³/mol. The Morgan fingerprint density at radius 3 is 2.27 bits per heavy atom. The Balaban J connectivity index is 1.47. The number of carbonyl (C=O) groups excluding carboxylic acids is 2. The number of ether oxygens (including phenoxy) is 1. The standard InChI is InChI=1S/C33H39N3O8S/c34-31(38)18-20-45(42,43)35-32(39)28-16-15-26(21-30(28)44-27-9-5-2-6-10-27)24-13-11-23(12-14-24)17-19-36(33(40)41)22-29(37)25-7-3-1-4-8-25/h1,3-4,7-8,11-16,21,27,29,37H,2,5-6,9-10,17-20,22H2,(H2,34,38)(H,35,39)(H,40,41)/t29-/m1/s1. The topological polar surface area (TPSA) is 176 Å². The van der Waals surface area contributed by atoms with Crippen molar-refractivity contribution in [2.45, 2.75) is 57.2 Å². The summed E-state index contributed by atoms with van der Waals surface area (Å²) in [4.78, 5) is 37.1. The van der Waals surface area contributed by atoms with Gasteiger partial charge in [0.05, 0.1) is 30.1 Å². The molecule has 0 spiro atoms. The molecule has 0 radical (unpaired) electrons. The van der Waals surface area contributed by atoms with E-state index in [1.165, 1.54) is 11.0 Å². The first-order valence-corrected chi connectivity index (χ1v) is 16.6. The summed E-state index contributed by atoms with van der Waals surface area (Å²) in [6, 6.07) is 21.4. The van der Waals surface area contributed by atoms with Crippen LogP contribution in [0.1, 0.15) is 66.1 Å². The Morgan fingerprint density at radius 1 is 0.956 bits per heavy atom. The van der Waals surface area contributed by atoms with Crippen molar-refractivity contribution >= 4 is 27.9 Å². The van der Waals surface area contributed by atoms with Gasteiger partial charge in [0.25, 0.3) is 5.91 Å². The fraction of sp³-hybridized carbons (Fsp3) is 0.364. The monoisotopic (exact) mass is 637 g/mol. The first kappa shape index (κ1) is 33.5. The Hall–Kier alpha value is -4.42. The van der Waals surface area contributed by atoms with Crippen molar-refractivity contribution in [3.63, 3.8) is 0 Å². The Labute approximate surface area is 263 Å². The zero-order chi connectivity index (χ0) is 32.4. The number of hydrogen-bond donors (Lipinski definition) is 4. The number of hydrogen-bond acceptors (Lipinski definition) is 7. The van der Waals surface area contributed by atoms with Crippen molar-refractivity contribution in [3.05, 3.63) is 89.5 Å². The van der Waals surface area contributed by atoms with Crippen LogP contribution in [0.2, 0.25) is 0 Å². The van der Waals surface area contributed by atoms with Gasteiger partial charge >= 0.3 is 6.09 Å². The third kappa shape index (κ3) is 10.0. The summed E-state index contributed by atoms with van der Waals surface area (Å²) < 4.78 is 33.0. The zero-order valence-corrected chi connectivity index (χ0v) is 25.7. The predicted octanol–water partition coefficient (Wildman–Crippen LogP) is 4.26. The van der Waals surface area contributed by atoms with E-state index in [2.05, 4.69) is 0 Å². The summed E-state index contributed by atoms with van der Waals surface area (Å²) in [5.41, 5.74) is 8.24. The molecule has 4 rings (SSSR count). The highest BCUT2D eigenvalue weighted by molar-refractivity contribution is 7.90. The molecule has 1 saturated carbocycles. The molecule has 0 saturated heterocycles. The third-order valence-electron chi connectivity index (χ3n) is 7.74. The van der Waals surface area contributed by atoms with E-state index in [0.717, 1.165) is 48.8 Å². The lowest BCUT2D eigenvalue weighted by Gasteiger charge is -2.24. The molecule has 3 amide bonds. The molecule has 0 heterocycles. The molecular formula is C33H39N3O8S. The second-order valence-electron chi connectivity index (χ2n) is 11.2. The van der Waals surface area contributed by atoms with E-state index in [0.29, 0.717) is 12.0 Å². The molecule has 12 heteroatoms. The molecule has 3 aromatic rings. The van der Waals surface area contributed by atoms with Crippen molar-refractivity contribution in [1.82, 2.24) is 9.62 Å². The van der Waals surface area contributed by atoms with E-state index in [1.807, 2.05) is 35.1 Å². The van der Waals surface area contributed by atoms with Gasteiger partial charge in [-0.15, -0.1) is 0 Å². The van der Waals surface area contributed by atoms with Crippen LogP contribution in [0, 0.1) is 0 Å². The number of sulfonamides is 1. The minimum Gasteiger partial charge on any atom is -0.490 e. The van der Waals surface area contributed by atoms with Crippen molar-refractivity contribution in [1.29, 1.82) is 0 Å². The Kier molecular flexibility index (Phi) is 11.6. The molecule has 1 fully saturated rings. The summed E-state index contributed by atoms with van der Waals surface area (Å²) in [6.07, 6.45) is 2.63. The summed E-state index contributed by atoms with van der Waals surface area (Å²) in [7, 11) is -4.09. The van der Waals surface area contributed by atoms with Gasteiger partial charge in [-0.3, -0.25) is 9.59 Å². The van der Waals surface area contributed by atoms with Gasteiger partial charge in [-0.2, -0.15) is 0 Å². The molecule has 1 aliphatic rings. The van der Waals surface area contributed by atoms with Crippen LogP contribution < -0.4 is 15.2 Å². The summed E-state index contributed by atoms with van der Waals surface area (Å²) in [6.45, 7) is 0.150. The van der Waals surface area contributed by atoms with E-state index >= 15 is 0 Å². The molecule has 0 aliphatic heterocycles. The van der Waals surface area contributed by atoms with E-state index in [-0.39, 0.29) is 30.5 Å². The largest absolute Gasteiger partial charge is 0.490 e. The summed E-state index contributed by atoms with van der Waals surface area (Å²) >= 11 is 0. The first-order valence-electron chi connectivity index (χ1n) is 14.9. The quantitative estimate of drug-likeness (QED) is 0.203. The minimum atomic E-state index is -4.09. The molecule has 0 unspecified atom stereocenters. The fourth-order valence-corrected chi connectivity index (χ4v) is 6.18. The third-order valence-corrected chi connectivity index (χ3v) is 8.98. The number of nitrogens with two attached hydrogens (primary N) is 1. The van der Waals surface area contributed by atoms with Gasteiger partial charge in [-0.1, -0.05) is 67.1 Å². The van der Waals surface area contributed by atoms with Crippen LogP contribution in [0.3, 0.4) is 0 Å². The van der Waals surface area contributed by atoms with Crippen LogP contribution in [-0.4, -0.2) is 66.4 Å². The van der Waals surface area contributed by atoms with Crippen molar-refractivity contribution in [3.8, 4) is 16.9 Å². The Morgan fingerprint density at radius 2 is 1.62 bits per heavy atom. The number of aliphatic hydroxyl groups is 1. The van der Waals surface area contributed by atoms with Crippen LogP contribution in [-0.2, 0) is 21.2 Å². The minimum absolute atomic E-state index is 0.0480. The van der Waals surface area contributed by atoms with Crippen molar-refractivity contribution in [2.24, 2.45) is 5.73 Å². The molecule has 1 aliphatic carbocycles. The Bertz CT molecular complexity index is 1570. The molecule has 240 valence electrons. The van der Waals surface area contributed by atoms with Gasteiger partial charge < -0.3 is 25.6 Å². The van der Waals surface area contributed by atoms with Crippen molar-refractivity contribution in [2.75, 3.05) is 18.8 Å². The molecule has 11 nitrogen and oxygen atoms in total. The number of aliphatic hydroxyl groups excluding tert-OH is 1. The second kappa shape index (κ2) is 15.5. The highest BCUT2D eigenvalue weighted by Gasteiger charge is 2.24. The SMILES string of the molecule is NC(=O)CCS(=O)(=O)NC(=O)c1ccc(-c2ccc(CCN(C[C@@H](O)c3ccccc3)C(=O)O)cc2)cc1OC1CCCCC1. The maximum absolute atomic E-state index is 13.0. The number of amides is 3. The van der Waals surface area contributed by atoms with Gasteiger partial charge in [0.15, 0.2) is 0 Å². The number of benzene rings is 3. The molecule has 5 N–H and O–H groups in total. The zero-order valence-electron chi connectivity index (χ0n) is 24.9. The van der Waals surface area contributed by atoms with Crippen molar-refractivity contribution < 1.29 is 37.8 Å². The second-order valence-corrected chi connectivity index (χ2v) is 13.0. The van der Waals surface area contributed by atoms with E-state index in [1.54, 1.807) is 36.4 Å². The van der Waals surface area contributed by atoms with Crippen LogP contribution in [0.25, 0.3) is 11.1 Å². The van der Waals surface area contributed by atoms with Crippen LogP contribution >= 0.6 is 0 Å². The van der Waals surface area contributed by atoms with Gasteiger partial charge in [0, 0.05) is 13.0 Å². The summed E-state index contributed by atoms with van der Waals surface area (Å²) in [5, 5.41) is 20.2. The van der Waals surface area contributed by atoms with E-state index in [4.69, 9.17) is 10.5 Å². The summed E-state index contributed by atoms with van der Waals surface area (Å²) in [5.74, 6) is -1.98. The van der Waals surface area contributed by atoms with Crippen LogP contribution in [0.5, 0.6) is 5.75 Å². The normalized spacial score (nSPS) is 14.3. The highest BCUT2D eigenvalue weighted by Crippen LogP contribution is 2.31. The van der Waals surface area contributed by atoms with Crippen LogP contribution in [0.15, 0.2) is 72.8 Å². The fourth-order valence-electron chi connectivity index (χ4n) is 5.21. The lowest BCUT2D eigenvalue weighted by Crippen LogP contribution is -2.35. The molecule has 0 bridgehead atoms. The average Bonchev–Trinajstić information content (AvgIpc) is 3.03. The number of rotatable bonds is 14. The molecule has 45 heavy (non-hydrogen) atoms. The molecule has 0 aromatic heterocycles. The number of carbonyl (C=O) groups is 3. The average molecular weight is 638 g/mol. The number of nitrogens with one attached hydrogen (secondary N) is 1. The maximum atomic E-state index is 13.0. The number of nitrogens with zero attached hydrogens (tertiary/aromatic N) is 1. The lowest BCUT2D eigenvalue weighted by molar-refractivity contribution is -0.117. The van der Waals surface area contributed by atoms with E-state index in [9.17, 15) is 33.0 Å².